The first kappa shape index (κ1) is 19.8. The summed E-state index contributed by atoms with van der Waals surface area (Å²) in [7, 11) is 0. The molecule has 1 aromatic carbocycles. The summed E-state index contributed by atoms with van der Waals surface area (Å²) in [5.41, 5.74) is 3.42. The number of ether oxygens (including phenoxy) is 2. The fourth-order valence-corrected chi connectivity index (χ4v) is 4.47. The van der Waals surface area contributed by atoms with Gasteiger partial charge >= 0.3 is 5.97 Å². The number of carboxylic acid groups (broad SMARTS) is 1. The van der Waals surface area contributed by atoms with Crippen molar-refractivity contribution in [2.75, 3.05) is 33.0 Å². The van der Waals surface area contributed by atoms with Crippen LogP contribution in [0.3, 0.4) is 0 Å². The third-order valence-corrected chi connectivity index (χ3v) is 6.43. The predicted octanol–water partition coefficient (Wildman–Crippen LogP) is 2.51. The maximum Gasteiger partial charge on any atom is 0.307 e. The summed E-state index contributed by atoms with van der Waals surface area (Å²) < 4.78 is 10.8. The maximum atomic E-state index is 13.1. The molecule has 1 aliphatic carbocycles. The van der Waals surface area contributed by atoms with Crippen LogP contribution in [-0.2, 0) is 16.1 Å². The molecule has 0 bridgehead atoms. The van der Waals surface area contributed by atoms with Gasteiger partial charge in [-0.2, -0.15) is 0 Å². The molecule has 0 radical (unpaired) electrons. The predicted molar refractivity (Wildman–Crippen MR) is 107 cm³/mol. The number of piperazine rings is 1. The van der Waals surface area contributed by atoms with Crippen molar-refractivity contribution in [2.45, 2.75) is 33.2 Å². The molecule has 2 atom stereocenters. The van der Waals surface area contributed by atoms with Crippen LogP contribution in [0.4, 0.5) is 0 Å². The zero-order chi connectivity index (χ0) is 20.5. The average molecular weight is 400 g/mol. The van der Waals surface area contributed by atoms with E-state index in [1.54, 1.807) is 0 Å². The van der Waals surface area contributed by atoms with Gasteiger partial charge in [0.2, 0.25) is 12.7 Å². The number of benzene rings is 1. The molecule has 4 rings (SSSR count). The number of carboxylic acids is 1. The summed E-state index contributed by atoms with van der Waals surface area (Å²) in [6.07, 6.45) is 1.03. The third kappa shape index (κ3) is 4.10. The van der Waals surface area contributed by atoms with E-state index in [2.05, 4.69) is 4.90 Å². The van der Waals surface area contributed by atoms with Gasteiger partial charge in [-0.15, -0.1) is 0 Å². The highest BCUT2D eigenvalue weighted by Crippen LogP contribution is 2.36. The van der Waals surface area contributed by atoms with Gasteiger partial charge in [-0.3, -0.25) is 14.5 Å². The monoisotopic (exact) mass is 400 g/mol. The van der Waals surface area contributed by atoms with Crippen LogP contribution in [0.15, 0.2) is 29.3 Å². The van der Waals surface area contributed by atoms with E-state index in [-0.39, 0.29) is 12.7 Å². The molecule has 0 unspecified atom stereocenters. The largest absolute Gasteiger partial charge is 0.481 e. The highest BCUT2D eigenvalue weighted by atomic mass is 16.7. The Kier molecular flexibility index (Phi) is 5.50. The van der Waals surface area contributed by atoms with Crippen molar-refractivity contribution in [3.8, 4) is 11.5 Å². The number of hydrogen-bond donors (Lipinski definition) is 1. The van der Waals surface area contributed by atoms with Gasteiger partial charge in [-0.1, -0.05) is 17.2 Å². The molecular formula is C22H28N2O5. The number of hydrogen-bond acceptors (Lipinski definition) is 5. The Morgan fingerprint density at radius 1 is 1.00 bits per heavy atom. The summed E-state index contributed by atoms with van der Waals surface area (Å²) in [6.45, 7) is 7.87. The summed E-state index contributed by atoms with van der Waals surface area (Å²) in [4.78, 5) is 29.0. The molecule has 2 aliphatic heterocycles. The molecule has 1 fully saturated rings. The van der Waals surface area contributed by atoms with E-state index in [1.807, 2.05) is 36.9 Å². The van der Waals surface area contributed by atoms with E-state index in [4.69, 9.17) is 9.47 Å². The van der Waals surface area contributed by atoms with Gasteiger partial charge in [0.05, 0.1) is 11.8 Å². The fraction of sp³-hybridized carbons (Fsp3) is 0.545. The van der Waals surface area contributed by atoms with Gasteiger partial charge in [-0.05, 0) is 44.4 Å². The number of fused-ring (bicyclic) bond motifs is 1. The van der Waals surface area contributed by atoms with Gasteiger partial charge in [0.1, 0.15) is 0 Å². The van der Waals surface area contributed by atoms with Crippen LogP contribution in [0.2, 0.25) is 0 Å². The summed E-state index contributed by atoms with van der Waals surface area (Å²) >= 11 is 0. The van der Waals surface area contributed by atoms with Gasteiger partial charge in [0.15, 0.2) is 11.5 Å². The first-order chi connectivity index (χ1) is 13.9. The van der Waals surface area contributed by atoms with E-state index in [1.165, 1.54) is 0 Å². The number of amides is 1. The Morgan fingerprint density at radius 3 is 2.34 bits per heavy atom. The molecule has 1 saturated heterocycles. The number of nitrogens with zero attached hydrogens (tertiary/aromatic N) is 2. The van der Waals surface area contributed by atoms with Gasteiger partial charge in [0.25, 0.3) is 0 Å². The van der Waals surface area contributed by atoms with Gasteiger partial charge in [-0.25, -0.2) is 0 Å². The van der Waals surface area contributed by atoms with Crippen LogP contribution in [0.1, 0.15) is 32.3 Å². The van der Waals surface area contributed by atoms with E-state index in [0.29, 0.717) is 25.9 Å². The average Bonchev–Trinajstić information content (AvgIpc) is 3.17. The second kappa shape index (κ2) is 8.06. The molecule has 7 heteroatoms. The van der Waals surface area contributed by atoms with Crippen molar-refractivity contribution in [1.82, 2.24) is 9.80 Å². The lowest BCUT2D eigenvalue weighted by Gasteiger charge is -2.38. The van der Waals surface area contributed by atoms with Crippen LogP contribution in [0, 0.1) is 11.8 Å². The summed E-state index contributed by atoms with van der Waals surface area (Å²) in [5.74, 6) is -0.366. The first-order valence-electron chi connectivity index (χ1n) is 10.2. The Bertz CT molecular complexity index is 842. The van der Waals surface area contributed by atoms with Crippen molar-refractivity contribution in [1.29, 1.82) is 0 Å². The minimum absolute atomic E-state index is 0.00743. The van der Waals surface area contributed by atoms with Crippen LogP contribution < -0.4 is 9.47 Å². The molecular weight excluding hydrogens is 372 g/mol. The van der Waals surface area contributed by atoms with Gasteiger partial charge in [0, 0.05) is 32.7 Å². The molecule has 0 saturated carbocycles. The SMILES string of the molecule is CC1=C(C)C[C@@H](C(=O)O)[C@@H](C(=O)N2CCN(Cc3ccc4c(c3)OCO4)CC2)C1. The second-order valence-electron chi connectivity index (χ2n) is 8.31. The minimum Gasteiger partial charge on any atom is -0.481 e. The van der Waals surface area contributed by atoms with Crippen molar-refractivity contribution in [3.63, 3.8) is 0 Å². The van der Waals surface area contributed by atoms with E-state index < -0.39 is 17.8 Å². The number of allylic oxidation sites excluding steroid dienone is 2. The van der Waals surface area contributed by atoms with Crippen molar-refractivity contribution >= 4 is 11.9 Å². The van der Waals surface area contributed by atoms with Crippen molar-refractivity contribution in [3.05, 3.63) is 34.9 Å². The Balaban J connectivity index is 1.35. The molecule has 1 aromatic rings. The highest BCUT2D eigenvalue weighted by molar-refractivity contribution is 5.85. The number of aliphatic carboxylic acids is 1. The zero-order valence-electron chi connectivity index (χ0n) is 17.0. The number of carbonyl (C=O) groups excluding carboxylic acids is 1. The zero-order valence-corrected chi connectivity index (χ0v) is 17.0. The lowest BCUT2D eigenvalue weighted by Crippen LogP contribution is -2.51. The maximum absolute atomic E-state index is 13.1. The lowest BCUT2D eigenvalue weighted by atomic mass is 9.76. The summed E-state index contributed by atoms with van der Waals surface area (Å²) in [6, 6.07) is 5.99. The minimum atomic E-state index is -0.864. The topological polar surface area (TPSA) is 79.3 Å². The number of carbonyl (C=O) groups is 2. The van der Waals surface area contributed by atoms with Crippen LogP contribution >= 0.6 is 0 Å². The standard InChI is InChI=1S/C22H28N2O5/c1-14-9-17(18(22(26)27)10-15(14)2)21(25)24-7-5-23(6-8-24)12-16-3-4-19-20(11-16)29-13-28-19/h3-4,11,17-18H,5-10,12-13H2,1-2H3,(H,26,27)/t17-,18+/m0/s1. The third-order valence-electron chi connectivity index (χ3n) is 6.43. The Morgan fingerprint density at radius 2 is 1.66 bits per heavy atom. The lowest BCUT2D eigenvalue weighted by molar-refractivity contribution is -0.151. The molecule has 0 aromatic heterocycles. The molecule has 156 valence electrons. The molecule has 1 N–H and O–H groups in total. The van der Waals surface area contributed by atoms with Crippen molar-refractivity contribution < 1.29 is 24.2 Å². The van der Waals surface area contributed by atoms with Crippen LogP contribution in [-0.4, -0.2) is 59.8 Å². The van der Waals surface area contributed by atoms with E-state index in [9.17, 15) is 14.7 Å². The second-order valence-corrected chi connectivity index (χ2v) is 8.31. The Labute approximate surface area is 170 Å². The molecule has 0 spiro atoms. The Hall–Kier alpha value is -2.54. The van der Waals surface area contributed by atoms with Crippen LogP contribution in [0.5, 0.6) is 11.5 Å². The van der Waals surface area contributed by atoms with Crippen molar-refractivity contribution in [2.24, 2.45) is 11.8 Å². The smallest absolute Gasteiger partial charge is 0.307 e. The first-order valence-corrected chi connectivity index (χ1v) is 10.2. The van der Waals surface area contributed by atoms with Crippen LogP contribution in [0.25, 0.3) is 0 Å². The van der Waals surface area contributed by atoms with Gasteiger partial charge < -0.3 is 19.5 Å². The normalized spacial score (nSPS) is 24.7. The molecule has 1 amide bonds. The number of rotatable bonds is 4. The molecule has 2 heterocycles. The summed E-state index contributed by atoms with van der Waals surface area (Å²) in [5, 5.41) is 9.61. The highest BCUT2D eigenvalue weighted by Gasteiger charge is 2.39. The fourth-order valence-electron chi connectivity index (χ4n) is 4.47. The van der Waals surface area contributed by atoms with E-state index >= 15 is 0 Å². The quantitative estimate of drug-likeness (QED) is 0.783. The molecule has 3 aliphatic rings. The molecule has 7 nitrogen and oxygen atoms in total. The molecule has 29 heavy (non-hydrogen) atoms. The van der Waals surface area contributed by atoms with E-state index in [0.717, 1.165) is 47.8 Å².